The van der Waals surface area contributed by atoms with E-state index in [1.54, 1.807) is 14.2 Å². The van der Waals surface area contributed by atoms with Crippen molar-refractivity contribution in [3.63, 3.8) is 0 Å². The fourth-order valence-electron chi connectivity index (χ4n) is 2.55. The van der Waals surface area contributed by atoms with E-state index in [-0.39, 0.29) is 5.54 Å². The molecule has 1 rings (SSSR count). The van der Waals surface area contributed by atoms with Crippen LogP contribution in [0.2, 0.25) is 0 Å². The summed E-state index contributed by atoms with van der Waals surface area (Å²) in [6.07, 6.45) is 0.987. The van der Waals surface area contributed by atoms with E-state index in [2.05, 4.69) is 11.8 Å². The number of methoxy groups -OCH3 is 2. The maximum Gasteiger partial charge on any atom is 0.0663 e. The average Bonchev–Trinajstić information content (AvgIpc) is 2.80. The molecule has 0 spiro atoms. The zero-order valence-corrected chi connectivity index (χ0v) is 11.3. The van der Waals surface area contributed by atoms with Crippen molar-refractivity contribution in [2.45, 2.75) is 24.9 Å². The molecule has 0 saturated carbocycles. The molecule has 0 radical (unpaired) electrons. The Morgan fingerprint density at radius 2 is 2.18 bits per heavy atom. The Balaban J connectivity index is 2.71. The minimum atomic E-state index is -0.0452. The van der Waals surface area contributed by atoms with E-state index >= 15 is 0 Å². The van der Waals surface area contributed by atoms with Crippen molar-refractivity contribution in [3.8, 4) is 0 Å². The Labute approximate surface area is 104 Å². The van der Waals surface area contributed by atoms with Crippen LogP contribution in [-0.2, 0) is 14.2 Å². The van der Waals surface area contributed by atoms with Crippen LogP contribution in [0.25, 0.3) is 0 Å². The van der Waals surface area contributed by atoms with Crippen molar-refractivity contribution in [2.75, 3.05) is 53.7 Å². The van der Waals surface area contributed by atoms with E-state index in [4.69, 9.17) is 19.9 Å². The highest BCUT2D eigenvalue weighted by molar-refractivity contribution is 4.97. The van der Waals surface area contributed by atoms with Crippen LogP contribution in [-0.4, -0.2) is 70.2 Å². The molecule has 0 amide bonds. The van der Waals surface area contributed by atoms with Gasteiger partial charge in [-0.3, -0.25) is 4.90 Å². The first kappa shape index (κ1) is 14.9. The molecule has 0 aliphatic carbocycles. The number of hydrogen-bond donors (Lipinski definition) is 1. The van der Waals surface area contributed by atoms with Crippen molar-refractivity contribution in [1.29, 1.82) is 0 Å². The van der Waals surface area contributed by atoms with Gasteiger partial charge in [-0.15, -0.1) is 0 Å². The van der Waals surface area contributed by atoms with E-state index in [9.17, 15) is 0 Å². The molecule has 0 bridgehead atoms. The predicted octanol–water partition coefficient (Wildman–Crippen LogP) is 0.0875. The summed E-state index contributed by atoms with van der Waals surface area (Å²) in [4.78, 5) is 2.38. The molecule has 0 aromatic carbocycles. The molecule has 0 aromatic heterocycles. The summed E-state index contributed by atoms with van der Waals surface area (Å²) in [5, 5.41) is 0. The van der Waals surface area contributed by atoms with Gasteiger partial charge in [-0.2, -0.15) is 0 Å². The molecule has 2 unspecified atom stereocenters. The van der Waals surface area contributed by atoms with Gasteiger partial charge in [0.15, 0.2) is 0 Å². The average molecular weight is 246 g/mol. The maximum atomic E-state index is 5.97. The van der Waals surface area contributed by atoms with Crippen LogP contribution in [0.1, 0.15) is 13.3 Å². The van der Waals surface area contributed by atoms with Gasteiger partial charge in [-0.1, -0.05) is 0 Å². The molecule has 1 aliphatic rings. The molecule has 1 fully saturated rings. The standard InChI is InChI=1S/C12H26N2O3/c1-11(8-16-3)14(5-7-15-2)12(9-13)4-6-17-10-12/h11H,4-10,13H2,1-3H3. The lowest BCUT2D eigenvalue weighted by Gasteiger charge is -2.43. The van der Waals surface area contributed by atoms with Gasteiger partial charge in [0.1, 0.15) is 0 Å². The van der Waals surface area contributed by atoms with Crippen LogP contribution in [0.5, 0.6) is 0 Å². The Hall–Kier alpha value is -0.200. The first-order valence-electron chi connectivity index (χ1n) is 6.22. The van der Waals surface area contributed by atoms with Gasteiger partial charge in [0, 0.05) is 40.0 Å². The lowest BCUT2D eigenvalue weighted by Crippen LogP contribution is -2.59. The third-order valence-corrected chi connectivity index (χ3v) is 3.55. The molecule has 1 heterocycles. The van der Waals surface area contributed by atoms with Crippen LogP contribution in [0.15, 0.2) is 0 Å². The molecule has 102 valence electrons. The predicted molar refractivity (Wildman–Crippen MR) is 67.1 cm³/mol. The summed E-state index contributed by atoms with van der Waals surface area (Å²) in [6.45, 7) is 6.55. The Morgan fingerprint density at radius 1 is 1.41 bits per heavy atom. The normalized spacial score (nSPS) is 26.6. The van der Waals surface area contributed by atoms with Gasteiger partial charge in [0.25, 0.3) is 0 Å². The van der Waals surface area contributed by atoms with Crippen LogP contribution < -0.4 is 5.73 Å². The summed E-state index contributed by atoms with van der Waals surface area (Å²) in [5.74, 6) is 0. The number of hydrogen-bond acceptors (Lipinski definition) is 5. The fraction of sp³-hybridized carbons (Fsp3) is 1.00. The molecule has 5 nitrogen and oxygen atoms in total. The number of nitrogens with two attached hydrogens (primary N) is 1. The minimum Gasteiger partial charge on any atom is -0.383 e. The summed E-state index contributed by atoms with van der Waals surface area (Å²) in [6, 6.07) is 0.320. The van der Waals surface area contributed by atoms with Crippen LogP contribution in [0.4, 0.5) is 0 Å². The lowest BCUT2D eigenvalue weighted by molar-refractivity contribution is -0.00550. The number of ether oxygens (including phenoxy) is 3. The summed E-state index contributed by atoms with van der Waals surface area (Å²) in [5.41, 5.74) is 5.93. The highest BCUT2D eigenvalue weighted by atomic mass is 16.5. The largest absolute Gasteiger partial charge is 0.383 e. The van der Waals surface area contributed by atoms with Gasteiger partial charge in [-0.05, 0) is 13.3 Å². The Morgan fingerprint density at radius 3 is 2.65 bits per heavy atom. The lowest BCUT2D eigenvalue weighted by atomic mass is 9.94. The summed E-state index contributed by atoms with van der Waals surface area (Å²) >= 11 is 0. The van der Waals surface area contributed by atoms with E-state index in [1.807, 2.05) is 0 Å². The zero-order chi connectivity index (χ0) is 12.7. The molecule has 0 aromatic rings. The second kappa shape index (κ2) is 7.28. The molecular formula is C12H26N2O3. The third kappa shape index (κ3) is 3.63. The smallest absolute Gasteiger partial charge is 0.0663 e. The van der Waals surface area contributed by atoms with E-state index in [0.717, 1.165) is 19.6 Å². The van der Waals surface area contributed by atoms with E-state index in [0.29, 0.717) is 32.4 Å². The Kier molecular flexibility index (Phi) is 6.37. The van der Waals surface area contributed by atoms with Crippen LogP contribution in [0, 0.1) is 0 Å². The Bertz CT molecular complexity index is 208. The monoisotopic (exact) mass is 246 g/mol. The first-order chi connectivity index (χ1) is 8.20. The van der Waals surface area contributed by atoms with Crippen LogP contribution >= 0.6 is 0 Å². The first-order valence-corrected chi connectivity index (χ1v) is 6.22. The quantitative estimate of drug-likeness (QED) is 0.658. The molecule has 1 saturated heterocycles. The second-order valence-corrected chi connectivity index (χ2v) is 4.72. The highest BCUT2D eigenvalue weighted by Gasteiger charge is 2.41. The minimum absolute atomic E-state index is 0.0452. The highest BCUT2D eigenvalue weighted by Crippen LogP contribution is 2.27. The van der Waals surface area contributed by atoms with Crippen molar-refractivity contribution in [2.24, 2.45) is 5.73 Å². The van der Waals surface area contributed by atoms with E-state index < -0.39 is 0 Å². The van der Waals surface area contributed by atoms with Crippen molar-refractivity contribution < 1.29 is 14.2 Å². The summed E-state index contributed by atoms with van der Waals surface area (Å²) < 4.78 is 16.0. The van der Waals surface area contributed by atoms with E-state index in [1.165, 1.54) is 0 Å². The molecule has 17 heavy (non-hydrogen) atoms. The van der Waals surface area contributed by atoms with Gasteiger partial charge < -0.3 is 19.9 Å². The molecule has 2 atom stereocenters. The molecule has 5 heteroatoms. The topological polar surface area (TPSA) is 57.0 Å². The summed E-state index contributed by atoms with van der Waals surface area (Å²) in [7, 11) is 3.45. The van der Waals surface area contributed by atoms with Gasteiger partial charge >= 0.3 is 0 Å². The van der Waals surface area contributed by atoms with Gasteiger partial charge in [-0.25, -0.2) is 0 Å². The van der Waals surface area contributed by atoms with Crippen molar-refractivity contribution in [1.82, 2.24) is 4.90 Å². The van der Waals surface area contributed by atoms with Gasteiger partial charge in [0.2, 0.25) is 0 Å². The fourth-order valence-corrected chi connectivity index (χ4v) is 2.55. The zero-order valence-electron chi connectivity index (χ0n) is 11.3. The van der Waals surface area contributed by atoms with Crippen LogP contribution in [0.3, 0.4) is 0 Å². The second-order valence-electron chi connectivity index (χ2n) is 4.72. The molecular weight excluding hydrogens is 220 g/mol. The SMILES string of the molecule is COCCN(C(C)COC)C1(CN)CCOC1. The van der Waals surface area contributed by atoms with Crippen molar-refractivity contribution >= 4 is 0 Å². The number of rotatable bonds is 8. The maximum absolute atomic E-state index is 5.97. The molecule has 1 aliphatic heterocycles. The molecule has 2 N–H and O–H groups in total. The van der Waals surface area contributed by atoms with Gasteiger partial charge in [0.05, 0.1) is 25.4 Å². The number of nitrogens with zero attached hydrogens (tertiary/aromatic N) is 1. The third-order valence-electron chi connectivity index (χ3n) is 3.55. The van der Waals surface area contributed by atoms with Crippen molar-refractivity contribution in [3.05, 3.63) is 0 Å².